The predicted molar refractivity (Wildman–Crippen MR) is 144 cm³/mol. The highest BCUT2D eigenvalue weighted by Crippen LogP contribution is 2.33. The van der Waals surface area contributed by atoms with Crippen LogP contribution < -0.4 is 21.7 Å². The number of fused-ring (bicyclic) bond motifs is 1. The molecule has 2 aromatic carbocycles. The fourth-order valence-corrected chi connectivity index (χ4v) is 4.09. The van der Waals surface area contributed by atoms with Crippen LogP contribution in [0.2, 0.25) is 0 Å². The number of alkyl halides is 6. The topological polar surface area (TPSA) is 74.5 Å². The summed E-state index contributed by atoms with van der Waals surface area (Å²) < 4.78 is 79.5. The van der Waals surface area contributed by atoms with Gasteiger partial charge >= 0.3 is 12.4 Å². The summed E-state index contributed by atoms with van der Waals surface area (Å²) in [5.74, 6) is 0.420. The molecule has 1 unspecified atom stereocenters. The molecule has 0 saturated heterocycles. The van der Waals surface area contributed by atoms with Gasteiger partial charge in [0.2, 0.25) is 0 Å². The highest BCUT2D eigenvalue weighted by molar-refractivity contribution is 6.12. The van der Waals surface area contributed by atoms with Gasteiger partial charge in [0.05, 0.1) is 5.56 Å². The number of unbranched alkanes of at least 4 members (excludes halogenated alkanes) is 2. The molecular weight excluding hydrogens is 520 g/mol. The van der Waals surface area contributed by atoms with Crippen LogP contribution in [0.4, 0.5) is 37.7 Å². The number of anilines is 2. The minimum atomic E-state index is -4.52. The highest BCUT2D eigenvalue weighted by Gasteiger charge is 2.33. The van der Waals surface area contributed by atoms with Crippen molar-refractivity contribution in [2.24, 2.45) is 10.7 Å². The summed E-state index contributed by atoms with van der Waals surface area (Å²) in [4.78, 5) is 4.71. The second-order valence-corrected chi connectivity index (χ2v) is 9.22. The number of allylic oxidation sites excluding steroid dienone is 3. The molecular formula is C28H33F6N5. The highest BCUT2D eigenvalue weighted by atomic mass is 19.4. The summed E-state index contributed by atoms with van der Waals surface area (Å²) >= 11 is 0. The van der Waals surface area contributed by atoms with Gasteiger partial charge in [-0.3, -0.25) is 0 Å². The zero-order chi connectivity index (χ0) is 28.5. The number of nitrogens with two attached hydrogens (primary N) is 1. The molecule has 0 aliphatic carbocycles. The number of nitrogens with zero attached hydrogens (tertiary/aromatic N) is 1. The van der Waals surface area contributed by atoms with Crippen molar-refractivity contribution in [3.63, 3.8) is 0 Å². The SMILES string of the molecule is CCCCCNCCC1N=C(Nc2ccc(C(F)(F)F)cc2)c2ccc(C/C(=C\C=C/N)C(F)(F)F)cc2N1. The van der Waals surface area contributed by atoms with E-state index in [4.69, 9.17) is 10.7 Å². The van der Waals surface area contributed by atoms with Crippen molar-refractivity contribution >= 4 is 17.2 Å². The largest absolute Gasteiger partial charge is 0.416 e. The van der Waals surface area contributed by atoms with Crippen LogP contribution in [0.5, 0.6) is 0 Å². The van der Waals surface area contributed by atoms with Crippen molar-refractivity contribution < 1.29 is 26.3 Å². The molecule has 0 saturated carbocycles. The molecule has 1 aliphatic heterocycles. The van der Waals surface area contributed by atoms with Crippen LogP contribution in [0.1, 0.15) is 49.3 Å². The van der Waals surface area contributed by atoms with Gasteiger partial charge in [-0.15, -0.1) is 0 Å². The first-order valence-electron chi connectivity index (χ1n) is 12.8. The molecule has 0 aromatic heterocycles. The van der Waals surface area contributed by atoms with Crippen LogP contribution in [0.3, 0.4) is 0 Å². The number of halogens is 6. The maximum absolute atomic E-state index is 13.5. The molecule has 39 heavy (non-hydrogen) atoms. The molecule has 1 aliphatic rings. The molecule has 0 radical (unpaired) electrons. The Morgan fingerprint density at radius 2 is 1.77 bits per heavy atom. The standard InChI is InChI=1S/C28H33F6N5/c1-2-3-4-15-36-16-13-25-38-24-18-19(17-21(6-5-14-35)28(32,33)34)7-12-23(24)26(39-25)37-22-10-8-20(9-11-22)27(29,30)31/h5-12,14,18,25,36,38H,2-4,13,15-17,35H2,1H3,(H,37,39)/b14-5-,21-6+. The van der Waals surface area contributed by atoms with E-state index in [1.54, 1.807) is 18.2 Å². The molecule has 212 valence electrons. The van der Waals surface area contributed by atoms with Gasteiger partial charge in [-0.05, 0) is 73.7 Å². The predicted octanol–water partition coefficient (Wildman–Crippen LogP) is 6.99. The van der Waals surface area contributed by atoms with Gasteiger partial charge in [0.1, 0.15) is 12.0 Å². The molecule has 2 aromatic rings. The first kappa shape index (κ1) is 30.1. The number of nitrogens with one attached hydrogen (secondary N) is 3. The third kappa shape index (κ3) is 9.05. The average molecular weight is 554 g/mol. The number of hydrogen-bond acceptors (Lipinski definition) is 5. The minimum Gasteiger partial charge on any atom is -0.405 e. The van der Waals surface area contributed by atoms with Gasteiger partial charge in [-0.1, -0.05) is 31.9 Å². The van der Waals surface area contributed by atoms with Crippen LogP contribution in [-0.4, -0.2) is 31.3 Å². The number of aliphatic imine (C=N–C) groups is 1. The van der Waals surface area contributed by atoms with Crippen molar-refractivity contribution in [2.75, 3.05) is 23.7 Å². The Morgan fingerprint density at radius 3 is 2.41 bits per heavy atom. The van der Waals surface area contributed by atoms with E-state index in [2.05, 4.69) is 22.9 Å². The summed E-state index contributed by atoms with van der Waals surface area (Å²) in [5, 5.41) is 9.74. The normalized spacial score (nSPS) is 16.1. The van der Waals surface area contributed by atoms with Crippen molar-refractivity contribution in [2.45, 2.75) is 57.5 Å². The third-order valence-electron chi connectivity index (χ3n) is 6.14. The van der Waals surface area contributed by atoms with Gasteiger partial charge in [-0.25, -0.2) is 4.99 Å². The van der Waals surface area contributed by atoms with E-state index in [1.165, 1.54) is 12.1 Å². The smallest absolute Gasteiger partial charge is 0.405 e. The van der Waals surface area contributed by atoms with E-state index in [0.717, 1.165) is 56.3 Å². The molecule has 0 fully saturated rings. The van der Waals surface area contributed by atoms with Crippen molar-refractivity contribution in [3.8, 4) is 0 Å². The molecule has 3 rings (SSSR count). The van der Waals surface area contributed by atoms with Crippen LogP contribution in [0.25, 0.3) is 0 Å². The Bertz CT molecular complexity index is 1170. The Morgan fingerprint density at radius 1 is 1.03 bits per heavy atom. The summed E-state index contributed by atoms with van der Waals surface area (Å²) in [5.41, 5.74) is 5.73. The third-order valence-corrected chi connectivity index (χ3v) is 6.14. The van der Waals surface area contributed by atoms with Crippen molar-refractivity contribution in [1.82, 2.24) is 5.32 Å². The fraction of sp³-hybridized carbons (Fsp3) is 0.393. The molecule has 0 bridgehead atoms. The zero-order valence-electron chi connectivity index (χ0n) is 21.6. The molecule has 5 nitrogen and oxygen atoms in total. The second kappa shape index (κ2) is 13.5. The van der Waals surface area contributed by atoms with Crippen LogP contribution in [0, 0.1) is 0 Å². The molecule has 0 spiro atoms. The Hall–Kier alpha value is -3.47. The monoisotopic (exact) mass is 553 g/mol. The maximum Gasteiger partial charge on any atom is 0.416 e. The van der Waals surface area contributed by atoms with E-state index in [0.29, 0.717) is 41.3 Å². The van der Waals surface area contributed by atoms with Gasteiger partial charge in [0.15, 0.2) is 0 Å². The van der Waals surface area contributed by atoms with E-state index in [9.17, 15) is 26.3 Å². The quantitative estimate of drug-likeness (QED) is 0.138. The van der Waals surface area contributed by atoms with Gasteiger partial charge in [0, 0.05) is 35.4 Å². The van der Waals surface area contributed by atoms with E-state index < -0.39 is 23.5 Å². The average Bonchev–Trinajstić information content (AvgIpc) is 2.87. The second-order valence-electron chi connectivity index (χ2n) is 9.22. The van der Waals surface area contributed by atoms with Gasteiger partial charge in [0.25, 0.3) is 0 Å². The number of hydrogen-bond donors (Lipinski definition) is 4. The first-order valence-corrected chi connectivity index (χ1v) is 12.8. The summed E-state index contributed by atoms with van der Waals surface area (Å²) in [6.07, 6.45) is -2.70. The van der Waals surface area contributed by atoms with Gasteiger partial charge in [-0.2, -0.15) is 26.3 Å². The number of benzene rings is 2. The zero-order valence-corrected chi connectivity index (χ0v) is 21.6. The lowest BCUT2D eigenvalue weighted by molar-refractivity contribution is -0.137. The lowest BCUT2D eigenvalue weighted by Crippen LogP contribution is -2.32. The summed E-state index contributed by atoms with van der Waals surface area (Å²) in [7, 11) is 0. The van der Waals surface area contributed by atoms with Crippen LogP contribution in [-0.2, 0) is 12.6 Å². The lowest BCUT2D eigenvalue weighted by Gasteiger charge is -2.27. The van der Waals surface area contributed by atoms with Crippen LogP contribution in [0.15, 0.2) is 71.4 Å². The Labute approximate surface area is 224 Å². The van der Waals surface area contributed by atoms with E-state index in [-0.39, 0.29) is 12.6 Å². The Balaban J connectivity index is 1.85. The lowest BCUT2D eigenvalue weighted by atomic mass is 9.99. The first-order chi connectivity index (χ1) is 18.5. The molecule has 1 heterocycles. The molecule has 11 heteroatoms. The van der Waals surface area contributed by atoms with Crippen molar-refractivity contribution in [3.05, 3.63) is 83.1 Å². The summed E-state index contributed by atoms with van der Waals surface area (Å²) in [6.45, 7) is 3.66. The Kier molecular flexibility index (Phi) is 10.4. The maximum atomic E-state index is 13.5. The minimum absolute atomic E-state index is 0.356. The number of rotatable bonds is 11. The summed E-state index contributed by atoms with van der Waals surface area (Å²) in [6, 6.07) is 9.46. The molecule has 5 N–H and O–H groups in total. The van der Waals surface area contributed by atoms with Crippen LogP contribution >= 0.6 is 0 Å². The molecule has 1 atom stereocenters. The van der Waals surface area contributed by atoms with Gasteiger partial charge < -0.3 is 21.7 Å². The molecule has 0 amide bonds. The van der Waals surface area contributed by atoms with E-state index >= 15 is 0 Å². The van der Waals surface area contributed by atoms with E-state index in [1.807, 2.05) is 0 Å². The number of amidine groups is 1. The van der Waals surface area contributed by atoms with Crippen molar-refractivity contribution in [1.29, 1.82) is 0 Å². The fourth-order valence-electron chi connectivity index (χ4n) is 4.09.